The van der Waals surface area contributed by atoms with E-state index >= 15 is 0 Å². The van der Waals surface area contributed by atoms with Gasteiger partial charge in [-0.25, -0.2) is 13.9 Å². The van der Waals surface area contributed by atoms with Crippen LogP contribution in [-0.2, 0) is 24.9 Å². The van der Waals surface area contributed by atoms with Gasteiger partial charge in [-0.2, -0.15) is 0 Å². The highest BCUT2D eigenvalue weighted by molar-refractivity contribution is 7.09. The van der Waals surface area contributed by atoms with Gasteiger partial charge in [0.05, 0.1) is 17.6 Å². The highest BCUT2D eigenvalue weighted by Gasteiger charge is 2.16. The maximum absolute atomic E-state index is 12.6. The third-order valence-corrected chi connectivity index (χ3v) is 4.82. The molecule has 24 heavy (non-hydrogen) atoms. The van der Waals surface area contributed by atoms with Crippen molar-refractivity contribution < 1.29 is 4.79 Å². The van der Waals surface area contributed by atoms with E-state index < -0.39 is 0 Å². The van der Waals surface area contributed by atoms with Crippen LogP contribution in [0.1, 0.15) is 4.88 Å². The van der Waals surface area contributed by atoms with Gasteiger partial charge in [0.1, 0.15) is 6.54 Å². The highest BCUT2D eigenvalue weighted by atomic mass is 32.1. The minimum atomic E-state index is -0.312. The first kappa shape index (κ1) is 14.7. The molecule has 1 amide bonds. The monoisotopic (exact) mass is 341 g/mol. The summed E-state index contributed by atoms with van der Waals surface area (Å²) >= 11 is 1.58. The SMILES string of the molecule is Cn1c2ccccc2n2c(=O)n(CC(=O)NCc3cccs3)nc12. The number of aryl methyl sites for hydroxylation is 1. The van der Waals surface area contributed by atoms with Crippen LogP contribution in [0.2, 0.25) is 0 Å². The number of nitrogens with zero attached hydrogens (tertiary/aromatic N) is 4. The van der Waals surface area contributed by atoms with Crippen molar-refractivity contribution in [3.05, 3.63) is 57.1 Å². The minimum absolute atomic E-state index is 0.0970. The molecule has 0 bridgehead atoms. The number of aromatic nitrogens is 4. The van der Waals surface area contributed by atoms with Crippen molar-refractivity contribution in [3.8, 4) is 0 Å². The number of imidazole rings is 1. The molecule has 0 aliphatic heterocycles. The number of carbonyl (C=O) groups is 1. The van der Waals surface area contributed by atoms with E-state index in [-0.39, 0.29) is 18.1 Å². The molecule has 0 fully saturated rings. The van der Waals surface area contributed by atoms with Crippen molar-refractivity contribution in [2.75, 3.05) is 0 Å². The lowest BCUT2D eigenvalue weighted by atomic mass is 10.3. The molecular weight excluding hydrogens is 326 g/mol. The number of para-hydroxylation sites is 2. The zero-order valence-electron chi connectivity index (χ0n) is 13.0. The second-order valence-electron chi connectivity index (χ2n) is 5.48. The second-order valence-corrected chi connectivity index (χ2v) is 6.51. The van der Waals surface area contributed by atoms with Crippen LogP contribution in [0.15, 0.2) is 46.6 Å². The number of amides is 1. The highest BCUT2D eigenvalue weighted by Crippen LogP contribution is 2.16. The first-order valence-electron chi connectivity index (χ1n) is 7.47. The molecule has 0 atom stereocenters. The number of thiophene rings is 1. The molecular formula is C16H15N5O2S. The Morgan fingerprint density at radius 3 is 2.75 bits per heavy atom. The number of hydrogen-bond acceptors (Lipinski definition) is 4. The Morgan fingerprint density at radius 2 is 2.00 bits per heavy atom. The predicted octanol–water partition coefficient (Wildman–Crippen LogP) is 1.37. The van der Waals surface area contributed by atoms with E-state index in [9.17, 15) is 9.59 Å². The molecule has 4 rings (SSSR count). The smallest absolute Gasteiger partial charge is 0.350 e. The topological polar surface area (TPSA) is 73.3 Å². The van der Waals surface area contributed by atoms with Gasteiger partial charge in [0, 0.05) is 11.9 Å². The van der Waals surface area contributed by atoms with Crippen LogP contribution in [0.4, 0.5) is 0 Å². The Bertz CT molecular complexity index is 1090. The quantitative estimate of drug-likeness (QED) is 0.609. The van der Waals surface area contributed by atoms with Gasteiger partial charge in [-0.1, -0.05) is 18.2 Å². The first-order valence-corrected chi connectivity index (χ1v) is 8.35. The van der Waals surface area contributed by atoms with Gasteiger partial charge < -0.3 is 9.88 Å². The maximum Gasteiger partial charge on any atom is 0.352 e. The van der Waals surface area contributed by atoms with Crippen LogP contribution in [-0.4, -0.2) is 24.7 Å². The van der Waals surface area contributed by atoms with Crippen molar-refractivity contribution in [1.82, 2.24) is 24.1 Å². The average molecular weight is 341 g/mol. The molecule has 0 aliphatic rings. The van der Waals surface area contributed by atoms with E-state index in [0.717, 1.165) is 15.9 Å². The lowest BCUT2D eigenvalue weighted by Crippen LogP contribution is -2.32. The van der Waals surface area contributed by atoms with E-state index in [4.69, 9.17) is 0 Å². The standard InChI is InChI=1S/C16H15N5O2S/c1-19-12-6-2-3-7-13(12)21-15(19)18-20(16(21)23)10-14(22)17-9-11-5-4-8-24-11/h2-8H,9-10H2,1H3,(H,17,22). The van der Waals surface area contributed by atoms with Gasteiger partial charge in [-0.15, -0.1) is 16.4 Å². The van der Waals surface area contributed by atoms with Crippen LogP contribution in [0.3, 0.4) is 0 Å². The van der Waals surface area contributed by atoms with Crippen molar-refractivity contribution in [2.45, 2.75) is 13.1 Å². The fourth-order valence-corrected chi connectivity index (χ4v) is 3.41. The van der Waals surface area contributed by atoms with Gasteiger partial charge in [0.15, 0.2) is 0 Å². The average Bonchev–Trinajstić information content (AvgIpc) is 3.27. The predicted molar refractivity (Wildman–Crippen MR) is 92.1 cm³/mol. The normalized spacial score (nSPS) is 11.4. The van der Waals surface area contributed by atoms with E-state index in [1.165, 1.54) is 9.08 Å². The first-order chi connectivity index (χ1) is 11.6. The molecule has 0 radical (unpaired) electrons. The number of hydrogen-bond donors (Lipinski definition) is 1. The van der Waals surface area contributed by atoms with Crippen LogP contribution in [0.5, 0.6) is 0 Å². The van der Waals surface area contributed by atoms with E-state index in [2.05, 4.69) is 10.4 Å². The summed E-state index contributed by atoms with van der Waals surface area (Å²) in [4.78, 5) is 25.7. The summed E-state index contributed by atoms with van der Waals surface area (Å²) in [5, 5.41) is 9.07. The molecule has 0 saturated carbocycles. The van der Waals surface area contributed by atoms with E-state index in [1.54, 1.807) is 11.3 Å². The van der Waals surface area contributed by atoms with Gasteiger partial charge in [0.2, 0.25) is 11.7 Å². The van der Waals surface area contributed by atoms with Gasteiger partial charge in [-0.3, -0.25) is 4.79 Å². The zero-order valence-corrected chi connectivity index (χ0v) is 13.8. The summed E-state index contributed by atoms with van der Waals surface area (Å²) in [5.74, 6) is 0.283. The summed E-state index contributed by atoms with van der Waals surface area (Å²) in [6, 6.07) is 11.5. The molecule has 4 aromatic rings. The van der Waals surface area contributed by atoms with Crippen molar-refractivity contribution >= 4 is 34.1 Å². The molecule has 0 unspecified atom stereocenters. The zero-order chi connectivity index (χ0) is 16.7. The third-order valence-electron chi connectivity index (χ3n) is 3.94. The fourth-order valence-electron chi connectivity index (χ4n) is 2.76. The van der Waals surface area contributed by atoms with E-state index in [1.807, 2.05) is 53.4 Å². The Labute approximate surface area is 140 Å². The van der Waals surface area contributed by atoms with E-state index in [0.29, 0.717) is 12.3 Å². The van der Waals surface area contributed by atoms with Gasteiger partial charge >= 0.3 is 5.69 Å². The number of nitrogens with one attached hydrogen (secondary N) is 1. The van der Waals surface area contributed by atoms with Gasteiger partial charge in [0.25, 0.3) is 0 Å². The summed E-state index contributed by atoms with van der Waals surface area (Å²) in [7, 11) is 1.85. The number of fused-ring (bicyclic) bond motifs is 3. The van der Waals surface area contributed by atoms with Crippen LogP contribution in [0, 0.1) is 0 Å². The Balaban J connectivity index is 1.63. The molecule has 0 spiro atoms. The van der Waals surface area contributed by atoms with Crippen LogP contribution in [0.25, 0.3) is 16.8 Å². The molecule has 8 heteroatoms. The maximum atomic E-state index is 12.6. The molecule has 1 aromatic carbocycles. The van der Waals surface area contributed by atoms with Gasteiger partial charge in [-0.05, 0) is 23.6 Å². The minimum Gasteiger partial charge on any atom is -0.350 e. The summed E-state index contributed by atoms with van der Waals surface area (Å²) in [6.45, 7) is 0.363. The molecule has 0 aliphatic carbocycles. The summed E-state index contributed by atoms with van der Waals surface area (Å²) < 4.78 is 4.57. The number of benzene rings is 1. The molecule has 1 N–H and O–H groups in total. The number of carbonyl (C=O) groups excluding carboxylic acids is 1. The van der Waals surface area contributed by atoms with Crippen molar-refractivity contribution in [1.29, 1.82) is 0 Å². The molecule has 122 valence electrons. The van der Waals surface area contributed by atoms with Crippen LogP contribution < -0.4 is 11.0 Å². The lowest BCUT2D eigenvalue weighted by molar-refractivity contribution is -0.122. The van der Waals surface area contributed by atoms with Crippen LogP contribution >= 0.6 is 11.3 Å². The molecule has 7 nitrogen and oxygen atoms in total. The largest absolute Gasteiger partial charge is 0.352 e. The lowest BCUT2D eigenvalue weighted by Gasteiger charge is -2.03. The molecule has 0 saturated heterocycles. The Hall–Kier alpha value is -2.87. The summed E-state index contributed by atoms with van der Waals surface area (Å²) in [5.41, 5.74) is 1.39. The summed E-state index contributed by atoms with van der Waals surface area (Å²) in [6.07, 6.45) is 0. The Morgan fingerprint density at radius 1 is 1.21 bits per heavy atom. The molecule has 3 heterocycles. The van der Waals surface area contributed by atoms with Crippen molar-refractivity contribution in [3.63, 3.8) is 0 Å². The number of rotatable bonds is 4. The van der Waals surface area contributed by atoms with Crippen molar-refractivity contribution in [2.24, 2.45) is 7.05 Å². The Kier molecular flexibility index (Phi) is 3.46. The fraction of sp³-hybridized carbons (Fsp3) is 0.188. The third kappa shape index (κ3) is 2.31. The second kappa shape index (κ2) is 5.64. The molecule has 3 aromatic heterocycles.